The number of rotatable bonds is 5. The molecule has 0 radical (unpaired) electrons. The Bertz CT molecular complexity index is 1090. The van der Waals surface area contributed by atoms with Crippen LogP contribution in [0, 0.1) is 6.92 Å². The average molecular weight is 419 g/mol. The number of hydrogen-bond donors (Lipinski definition) is 2. The first-order chi connectivity index (χ1) is 13.3. The highest BCUT2D eigenvalue weighted by Gasteiger charge is 2.25. The van der Waals surface area contributed by atoms with Crippen LogP contribution in [0.4, 0.5) is 5.69 Å². The first-order valence-electron chi connectivity index (χ1n) is 8.38. The number of halogens is 1. The lowest BCUT2D eigenvalue weighted by Gasteiger charge is -2.08. The largest absolute Gasteiger partial charge is 0.464 e. The van der Waals surface area contributed by atoms with E-state index in [1.807, 2.05) is 26.1 Å². The van der Waals surface area contributed by atoms with E-state index in [4.69, 9.17) is 16.3 Å². The molecule has 3 aromatic rings. The molecule has 0 spiro atoms. The zero-order chi connectivity index (χ0) is 20.4. The predicted octanol–water partition coefficient (Wildman–Crippen LogP) is 4.05. The lowest BCUT2D eigenvalue weighted by atomic mass is 9.99. The summed E-state index contributed by atoms with van der Waals surface area (Å²) < 4.78 is 30.8. The van der Waals surface area contributed by atoms with Crippen molar-refractivity contribution in [1.82, 2.24) is 4.57 Å². The topological polar surface area (TPSA) is 77.4 Å². The molecule has 0 saturated carbocycles. The van der Waals surface area contributed by atoms with Crippen LogP contribution in [0.15, 0.2) is 48.5 Å². The van der Waals surface area contributed by atoms with Crippen LogP contribution in [0.2, 0.25) is 5.02 Å². The Morgan fingerprint density at radius 3 is 2.14 bits per heavy atom. The van der Waals surface area contributed by atoms with Crippen molar-refractivity contribution in [3.63, 3.8) is 0 Å². The summed E-state index contributed by atoms with van der Waals surface area (Å²) in [7, 11) is 0.413. The Kier molecular flexibility index (Phi) is 5.76. The Hall–Kier alpha value is -2.77. The molecule has 0 bridgehead atoms. The highest BCUT2D eigenvalue weighted by Crippen LogP contribution is 2.38. The summed E-state index contributed by atoms with van der Waals surface area (Å²) in [6.07, 6.45) is 0. The summed E-state index contributed by atoms with van der Waals surface area (Å²) in [6.45, 7) is 1.94. The third-order valence-electron chi connectivity index (χ3n) is 4.53. The van der Waals surface area contributed by atoms with E-state index in [-0.39, 0.29) is 0 Å². The van der Waals surface area contributed by atoms with Gasteiger partial charge in [-0.15, -0.1) is 0 Å². The summed E-state index contributed by atoms with van der Waals surface area (Å²) in [4.78, 5) is 12.5. The second-order valence-corrected chi connectivity index (χ2v) is 7.38. The number of anilines is 1. The fraction of sp³-hybridized carbons (Fsp3) is 0.150. The maximum Gasteiger partial charge on any atom is 0.355 e. The number of hydrogen-bond acceptors (Lipinski definition) is 4. The number of esters is 1. The van der Waals surface area contributed by atoms with Gasteiger partial charge in [-0.3, -0.25) is 4.72 Å². The number of ether oxygens (including phenoxy) is 1. The van der Waals surface area contributed by atoms with E-state index < -0.39 is 16.9 Å². The van der Waals surface area contributed by atoms with Crippen LogP contribution in [0.1, 0.15) is 16.1 Å². The molecular formula is C20H19ClN2O4S. The first kappa shape index (κ1) is 20.0. The van der Waals surface area contributed by atoms with Crippen LogP contribution in [0.3, 0.4) is 0 Å². The molecule has 0 aliphatic carbocycles. The van der Waals surface area contributed by atoms with Crippen molar-refractivity contribution in [2.24, 2.45) is 7.05 Å². The quantitative estimate of drug-likeness (QED) is 0.484. The van der Waals surface area contributed by atoms with Gasteiger partial charge < -0.3 is 9.30 Å². The van der Waals surface area contributed by atoms with Gasteiger partial charge in [0.25, 0.3) is 0 Å². The first-order valence-corrected chi connectivity index (χ1v) is 9.94. The normalized spacial score (nSPS) is 10.9. The second kappa shape index (κ2) is 8.08. The van der Waals surface area contributed by atoms with Crippen molar-refractivity contribution < 1.29 is 17.9 Å². The Labute approximate surface area is 169 Å². The highest BCUT2D eigenvalue weighted by molar-refractivity contribution is 7.73. The van der Waals surface area contributed by atoms with Crippen LogP contribution in [0.5, 0.6) is 0 Å². The van der Waals surface area contributed by atoms with Crippen molar-refractivity contribution >= 4 is 34.1 Å². The monoisotopic (exact) mass is 418 g/mol. The minimum Gasteiger partial charge on any atom is -0.464 e. The average Bonchev–Trinajstić information content (AvgIpc) is 2.92. The minimum atomic E-state index is -2.74. The standard InChI is InChI=1S/C20H19ClN2O4S/c1-12-17(13-6-10-16(11-7-13)22-28(25)26)19(20(24)27-3)23(2)18(12)14-4-8-15(21)9-5-14/h4-11,28H,1-3H3,(H,22,25,26). The van der Waals surface area contributed by atoms with Gasteiger partial charge in [-0.2, -0.15) is 0 Å². The van der Waals surface area contributed by atoms with Crippen molar-refractivity contribution in [1.29, 1.82) is 0 Å². The van der Waals surface area contributed by atoms with Gasteiger partial charge in [-0.05, 0) is 47.9 Å². The molecule has 8 heteroatoms. The zero-order valence-corrected chi connectivity index (χ0v) is 17.2. The molecule has 0 unspecified atom stereocenters. The fourth-order valence-corrected chi connectivity index (χ4v) is 3.84. The molecule has 0 aliphatic heterocycles. The van der Waals surface area contributed by atoms with Crippen LogP contribution in [0.25, 0.3) is 22.4 Å². The summed E-state index contributed by atoms with van der Waals surface area (Å²) >= 11 is 6.00. The van der Waals surface area contributed by atoms with Gasteiger partial charge in [0.2, 0.25) is 10.9 Å². The number of nitrogens with zero attached hydrogens (tertiary/aromatic N) is 1. The summed E-state index contributed by atoms with van der Waals surface area (Å²) in [6, 6.07) is 14.2. The van der Waals surface area contributed by atoms with Gasteiger partial charge in [0, 0.05) is 23.3 Å². The minimum absolute atomic E-state index is 0.417. The van der Waals surface area contributed by atoms with E-state index in [1.165, 1.54) is 7.11 Å². The molecule has 0 atom stereocenters. The van der Waals surface area contributed by atoms with E-state index >= 15 is 0 Å². The van der Waals surface area contributed by atoms with E-state index in [9.17, 15) is 13.2 Å². The lowest BCUT2D eigenvalue weighted by molar-refractivity contribution is 0.0591. The molecule has 0 amide bonds. The smallest absolute Gasteiger partial charge is 0.355 e. The molecule has 146 valence electrons. The Morgan fingerprint density at radius 1 is 1.04 bits per heavy atom. The summed E-state index contributed by atoms with van der Waals surface area (Å²) in [5.74, 6) is -0.453. The number of thiol groups is 1. The lowest BCUT2D eigenvalue weighted by Crippen LogP contribution is -2.09. The molecule has 28 heavy (non-hydrogen) atoms. The Balaban J connectivity index is 2.21. The predicted molar refractivity (Wildman–Crippen MR) is 111 cm³/mol. The number of methoxy groups -OCH3 is 1. The molecule has 1 heterocycles. The number of aromatic nitrogens is 1. The van der Waals surface area contributed by atoms with Gasteiger partial charge in [0.1, 0.15) is 5.69 Å². The third-order valence-corrected chi connectivity index (χ3v) is 5.22. The van der Waals surface area contributed by atoms with Crippen molar-refractivity contribution in [2.45, 2.75) is 6.92 Å². The number of nitrogens with one attached hydrogen (secondary N) is 1. The SMILES string of the molecule is COC(=O)c1c(-c2ccc(N[SH](=O)=O)cc2)c(C)c(-c2ccc(Cl)cc2)n1C. The number of carbonyl (C=O) groups is 1. The van der Waals surface area contributed by atoms with Gasteiger partial charge in [-0.25, -0.2) is 13.2 Å². The molecular weight excluding hydrogens is 400 g/mol. The van der Waals surface area contributed by atoms with Crippen molar-refractivity contribution in [3.05, 3.63) is 64.8 Å². The van der Waals surface area contributed by atoms with Crippen LogP contribution in [-0.2, 0) is 22.7 Å². The Morgan fingerprint density at radius 2 is 1.61 bits per heavy atom. The van der Waals surface area contributed by atoms with Crippen molar-refractivity contribution in [3.8, 4) is 22.4 Å². The fourth-order valence-electron chi connectivity index (χ4n) is 3.35. The van der Waals surface area contributed by atoms with Gasteiger partial charge in [0.05, 0.1) is 12.8 Å². The van der Waals surface area contributed by atoms with Gasteiger partial charge in [-0.1, -0.05) is 35.9 Å². The van der Waals surface area contributed by atoms with Crippen molar-refractivity contribution in [2.75, 3.05) is 11.8 Å². The van der Waals surface area contributed by atoms with Gasteiger partial charge >= 0.3 is 5.97 Å². The third kappa shape index (κ3) is 3.76. The summed E-state index contributed by atoms with van der Waals surface area (Å²) in [5, 5.41) is 0.629. The maximum absolute atomic E-state index is 12.5. The molecule has 1 N–H and O–H groups in total. The van der Waals surface area contributed by atoms with Gasteiger partial charge in [0.15, 0.2) is 0 Å². The molecule has 0 saturated heterocycles. The van der Waals surface area contributed by atoms with Crippen LogP contribution >= 0.6 is 11.6 Å². The zero-order valence-electron chi connectivity index (χ0n) is 15.5. The molecule has 3 rings (SSSR count). The van der Waals surface area contributed by atoms with Crippen LogP contribution in [-0.4, -0.2) is 26.1 Å². The molecule has 0 fully saturated rings. The second-order valence-electron chi connectivity index (χ2n) is 6.20. The molecule has 0 aliphatic rings. The molecule has 1 aromatic heterocycles. The number of carbonyl (C=O) groups excluding carboxylic acids is 1. The summed E-state index contributed by atoms with van der Waals surface area (Å²) in [5.41, 5.74) is 5.07. The maximum atomic E-state index is 12.5. The van der Waals surface area contributed by atoms with E-state index in [2.05, 4.69) is 4.72 Å². The van der Waals surface area contributed by atoms with E-state index in [0.29, 0.717) is 16.4 Å². The van der Waals surface area contributed by atoms with E-state index in [0.717, 1.165) is 27.9 Å². The number of benzene rings is 2. The van der Waals surface area contributed by atoms with Crippen LogP contribution < -0.4 is 4.72 Å². The molecule has 6 nitrogen and oxygen atoms in total. The highest BCUT2D eigenvalue weighted by atomic mass is 35.5. The molecule has 2 aromatic carbocycles. The van der Waals surface area contributed by atoms with E-state index in [1.54, 1.807) is 41.0 Å².